The van der Waals surface area contributed by atoms with E-state index in [1.807, 2.05) is 12.1 Å². The first-order valence-electron chi connectivity index (χ1n) is 11.2. The summed E-state index contributed by atoms with van der Waals surface area (Å²) in [6.07, 6.45) is 6.05. The minimum atomic E-state index is -0.506. The quantitative estimate of drug-likeness (QED) is 0.376. The minimum Gasteiger partial charge on any atom is -0.273 e. The lowest BCUT2D eigenvalue weighted by Crippen LogP contribution is -2.42. The molecule has 0 radical (unpaired) electrons. The van der Waals surface area contributed by atoms with Crippen LogP contribution in [-0.2, 0) is 4.79 Å². The van der Waals surface area contributed by atoms with E-state index in [1.165, 1.54) is 6.42 Å². The molecule has 0 bridgehead atoms. The summed E-state index contributed by atoms with van der Waals surface area (Å²) < 4.78 is 1.61. The molecule has 1 aliphatic rings. The fourth-order valence-electron chi connectivity index (χ4n) is 4.38. The molecule has 6 nitrogen and oxygen atoms in total. The van der Waals surface area contributed by atoms with Crippen LogP contribution in [0.2, 0.25) is 15.1 Å². The zero-order chi connectivity index (χ0) is 24.2. The third kappa shape index (κ3) is 5.57. The van der Waals surface area contributed by atoms with Gasteiger partial charge >= 0.3 is 0 Å². The minimum absolute atomic E-state index is 0.175. The summed E-state index contributed by atoms with van der Waals surface area (Å²) in [7, 11) is 0. The first-order valence-corrected chi connectivity index (χ1v) is 12.4. The molecule has 3 aromatic rings. The van der Waals surface area contributed by atoms with Crippen molar-refractivity contribution in [2.24, 2.45) is 5.92 Å². The Bertz CT molecular complexity index is 1200. The number of benzene rings is 2. The highest BCUT2D eigenvalue weighted by atomic mass is 35.5. The maximum absolute atomic E-state index is 13.0. The van der Waals surface area contributed by atoms with Crippen LogP contribution < -0.4 is 10.9 Å². The largest absolute Gasteiger partial charge is 0.290 e. The van der Waals surface area contributed by atoms with Crippen LogP contribution in [0.15, 0.2) is 42.5 Å². The van der Waals surface area contributed by atoms with Gasteiger partial charge < -0.3 is 0 Å². The lowest BCUT2D eigenvalue weighted by atomic mass is 9.87. The summed E-state index contributed by atoms with van der Waals surface area (Å²) in [5.74, 6) is -0.334. The molecule has 1 heterocycles. The number of rotatable bonds is 5. The summed E-state index contributed by atoms with van der Waals surface area (Å²) >= 11 is 18.6. The number of carbonyl (C=O) groups excluding carboxylic acids is 2. The van der Waals surface area contributed by atoms with Crippen LogP contribution in [0.5, 0.6) is 0 Å². The van der Waals surface area contributed by atoms with Crippen molar-refractivity contribution in [3.63, 3.8) is 0 Å². The molecule has 1 fully saturated rings. The van der Waals surface area contributed by atoms with E-state index in [2.05, 4.69) is 16.0 Å². The number of hydrogen-bond acceptors (Lipinski definition) is 3. The van der Waals surface area contributed by atoms with Crippen molar-refractivity contribution in [2.45, 2.75) is 45.4 Å². The van der Waals surface area contributed by atoms with E-state index in [4.69, 9.17) is 34.8 Å². The van der Waals surface area contributed by atoms with E-state index < -0.39 is 5.91 Å². The lowest BCUT2D eigenvalue weighted by molar-refractivity contribution is -0.123. The number of nitrogens with zero attached hydrogens (tertiary/aromatic N) is 2. The Morgan fingerprint density at radius 1 is 0.971 bits per heavy atom. The maximum atomic E-state index is 13.0. The summed E-state index contributed by atoms with van der Waals surface area (Å²) in [6.45, 7) is 1.80. The summed E-state index contributed by atoms with van der Waals surface area (Å²) in [6, 6.07) is 12.3. The molecule has 4 rings (SSSR count). The predicted molar refractivity (Wildman–Crippen MR) is 136 cm³/mol. The van der Waals surface area contributed by atoms with Crippen molar-refractivity contribution in [3.8, 4) is 16.9 Å². The lowest BCUT2D eigenvalue weighted by Gasteiger charge is -2.20. The molecule has 178 valence electrons. The highest BCUT2D eigenvalue weighted by Crippen LogP contribution is 2.33. The second-order valence-electron chi connectivity index (χ2n) is 8.55. The van der Waals surface area contributed by atoms with E-state index >= 15 is 0 Å². The number of aromatic nitrogens is 2. The van der Waals surface area contributed by atoms with Crippen LogP contribution in [0.3, 0.4) is 0 Å². The second kappa shape index (κ2) is 10.8. The smallest absolute Gasteiger partial charge is 0.273 e. The number of hydrogen-bond donors (Lipinski definition) is 2. The zero-order valence-electron chi connectivity index (χ0n) is 18.7. The Kier molecular flexibility index (Phi) is 7.81. The first-order chi connectivity index (χ1) is 16.3. The number of hydrazine groups is 1. The van der Waals surface area contributed by atoms with Crippen LogP contribution in [0.4, 0.5) is 0 Å². The second-order valence-corrected chi connectivity index (χ2v) is 9.83. The fourth-order valence-corrected chi connectivity index (χ4v) is 4.99. The van der Waals surface area contributed by atoms with Crippen molar-refractivity contribution in [2.75, 3.05) is 0 Å². The van der Waals surface area contributed by atoms with Gasteiger partial charge in [-0.1, -0.05) is 66.2 Å². The standard InChI is InChI=1S/C25H25Cl3N4O2/c1-15-23(25(34)30-29-22(33)13-16-5-3-2-4-6-16)31-32(21-12-11-19(27)14-20(21)28)24(15)17-7-9-18(26)10-8-17/h7-12,14,16H,2-6,13H2,1H3,(H,29,33)(H,30,34). The Morgan fingerprint density at radius 3 is 2.32 bits per heavy atom. The number of nitrogens with one attached hydrogen (secondary N) is 2. The van der Waals surface area contributed by atoms with Crippen LogP contribution >= 0.6 is 34.8 Å². The zero-order valence-corrected chi connectivity index (χ0v) is 21.0. The predicted octanol–water partition coefficient (Wildman–Crippen LogP) is 6.54. The molecule has 34 heavy (non-hydrogen) atoms. The van der Waals surface area contributed by atoms with Gasteiger partial charge in [0, 0.05) is 27.6 Å². The molecular formula is C25H25Cl3N4O2. The summed E-state index contributed by atoms with van der Waals surface area (Å²) in [5, 5.41) is 6.03. The monoisotopic (exact) mass is 518 g/mol. The number of amides is 2. The third-order valence-electron chi connectivity index (χ3n) is 6.11. The van der Waals surface area contributed by atoms with E-state index in [-0.39, 0.29) is 11.6 Å². The summed E-state index contributed by atoms with van der Waals surface area (Å²) in [4.78, 5) is 25.4. The van der Waals surface area contributed by atoms with Crippen LogP contribution in [0, 0.1) is 12.8 Å². The van der Waals surface area contributed by atoms with Gasteiger partial charge in [-0.15, -0.1) is 0 Å². The fraction of sp³-hybridized carbons (Fsp3) is 0.320. The number of halogens is 3. The normalized spacial score (nSPS) is 14.1. The van der Waals surface area contributed by atoms with E-state index in [1.54, 1.807) is 41.9 Å². The molecule has 2 N–H and O–H groups in total. The van der Waals surface area contributed by atoms with Crippen molar-refractivity contribution in [1.29, 1.82) is 0 Å². The molecule has 2 aromatic carbocycles. The molecule has 1 saturated carbocycles. The van der Waals surface area contributed by atoms with E-state index in [0.29, 0.717) is 44.4 Å². The molecule has 1 aromatic heterocycles. The van der Waals surface area contributed by atoms with Crippen molar-refractivity contribution >= 4 is 46.6 Å². The van der Waals surface area contributed by atoms with Gasteiger partial charge in [0.05, 0.1) is 16.4 Å². The van der Waals surface area contributed by atoms with E-state index in [9.17, 15) is 9.59 Å². The van der Waals surface area contributed by atoms with Crippen molar-refractivity contribution in [3.05, 3.63) is 68.8 Å². The van der Waals surface area contributed by atoms with Gasteiger partial charge in [0.2, 0.25) is 5.91 Å². The molecule has 2 amide bonds. The average molecular weight is 520 g/mol. The topological polar surface area (TPSA) is 76.0 Å². The molecule has 0 unspecified atom stereocenters. The van der Waals surface area contributed by atoms with Gasteiger partial charge in [0.15, 0.2) is 5.69 Å². The Hall–Kier alpha value is -2.54. The molecular weight excluding hydrogens is 495 g/mol. The van der Waals surface area contributed by atoms with Gasteiger partial charge in [-0.25, -0.2) is 4.68 Å². The molecule has 0 atom stereocenters. The van der Waals surface area contributed by atoms with Gasteiger partial charge in [0.1, 0.15) is 0 Å². The maximum Gasteiger partial charge on any atom is 0.290 e. The Morgan fingerprint density at radius 2 is 1.65 bits per heavy atom. The third-order valence-corrected chi connectivity index (χ3v) is 6.90. The number of carbonyl (C=O) groups is 2. The van der Waals surface area contributed by atoms with Gasteiger partial charge in [0.25, 0.3) is 5.91 Å². The van der Waals surface area contributed by atoms with Gasteiger partial charge in [-0.3, -0.25) is 20.4 Å². The van der Waals surface area contributed by atoms with Crippen LogP contribution in [0.1, 0.15) is 54.6 Å². The Labute approximate surface area is 213 Å². The van der Waals surface area contributed by atoms with Gasteiger partial charge in [-0.05, 0) is 56.0 Å². The molecule has 0 aliphatic heterocycles. The van der Waals surface area contributed by atoms with Crippen LogP contribution in [-0.4, -0.2) is 21.6 Å². The summed E-state index contributed by atoms with van der Waals surface area (Å²) in [5.41, 5.74) is 7.92. The molecule has 0 saturated heterocycles. The van der Waals surface area contributed by atoms with Gasteiger partial charge in [-0.2, -0.15) is 5.10 Å². The van der Waals surface area contributed by atoms with E-state index in [0.717, 1.165) is 31.2 Å². The first kappa shape index (κ1) is 24.6. The SMILES string of the molecule is Cc1c(C(=O)NNC(=O)CC2CCCCC2)nn(-c2ccc(Cl)cc2Cl)c1-c1ccc(Cl)cc1. The molecule has 0 spiro atoms. The Balaban J connectivity index is 1.61. The van der Waals surface area contributed by atoms with Crippen LogP contribution in [0.25, 0.3) is 16.9 Å². The van der Waals surface area contributed by atoms with Crippen molar-refractivity contribution < 1.29 is 9.59 Å². The average Bonchev–Trinajstić information content (AvgIpc) is 3.15. The highest BCUT2D eigenvalue weighted by molar-refractivity contribution is 6.35. The highest BCUT2D eigenvalue weighted by Gasteiger charge is 2.24. The molecule has 9 heteroatoms. The van der Waals surface area contributed by atoms with Crippen molar-refractivity contribution in [1.82, 2.24) is 20.6 Å². The molecule has 1 aliphatic carbocycles.